The monoisotopic (exact) mass is 155 g/mol. The zero-order chi connectivity index (χ0) is 8.36. The Hall–Kier alpha value is -0.520. The minimum Gasteiger partial charge on any atom is -0.396 e. The third-order valence-electron chi connectivity index (χ3n) is 1.37. The number of hydrogen-bond acceptors (Lipinski definition) is 2. The smallest absolute Gasteiger partial charge is 0.0431 e. The van der Waals surface area contributed by atoms with Crippen molar-refractivity contribution in [1.29, 1.82) is 0 Å². The average molecular weight is 155 g/mol. The van der Waals surface area contributed by atoms with Crippen molar-refractivity contribution in [2.45, 2.75) is 26.2 Å². The summed E-state index contributed by atoms with van der Waals surface area (Å²) in [5, 5.41) is 11.7. The maximum absolute atomic E-state index is 8.46. The van der Waals surface area contributed by atoms with Crippen LogP contribution < -0.4 is 5.32 Å². The van der Waals surface area contributed by atoms with Crippen molar-refractivity contribution in [3.05, 3.63) is 0 Å². The van der Waals surface area contributed by atoms with Gasteiger partial charge in [0.1, 0.15) is 0 Å². The van der Waals surface area contributed by atoms with Gasteiger partial charge in [-0.3, -0.25) is 0 Å². The molecule has 0 saturated carbocycles. The van der Waals surface area contributed by atoms with Gasteiger partial charge in [0.15, 0.2) is 0 Å². The first-order valence-electron chi connectivity index (χ1n) is 4.13. The molecule has 2 heteroatoms. The molecule has 0 amide bonds. The Kier molecular flexibility index (Phi) is 9.03. The zero-order valence-electron chi connectivity index (χ0n) is 7.19. The summed E-state index contributed by atoms with van der Waals surface area (Å²) in [6.45, 7) is 4.11. The van der Waals surface area contributed by atoms with E-state index in [1.54, 1.807) is 0 Å². The molecule has 0 fully saturated rings. The number of aliphatic hydroxyl groups is 1. The standard InChI is InChI=1S/C9H17NO/c1-2-3-4-7-10-8-5-6-9-11/h10-11H,4-9H2,1H3. The van der Waals surface area contributed by atoms with Crippen LogP contribution in [0.1, 0.15) is 26.2 Å². The molecule has 0 aliphatic heterocycles. The maximum atomic E-state index is 8.46. The van der Waals surface area contributed by atoms with Gasteiger partial charge in [-0.25, -0.2) is 0 Å². The van der Waals surface area contributed by atoms with Crippen LogP contribution in [0.3, 0.4) is 0 Å². The van der Waals surface area contributed by atoms with Gasteiger partial charge in [-0.2, -0.15) is 0 Å². The molecule has 0 unspecified atom stereocenters. The van der Waals surface area contributed by atoms with E-state index < -0.39 is 0 Å². The Balaban J connectivity index is 2.83. The van der Waals surface area contributed by atoms with Gasteiger partial charge in [-0.15, -0.1) is 11.8 Å². The molecular weight excluding hydrogens is 138 g/mol. The van der Waals surface area contributed by atoms with E-state index in [0.717, 1.165) is 32.4 Å². The number of hydrogen-bond donors (Lipinski definition) is 2. The molecule has 64 valence electrons. The Morgan fingerprint density at radius 3 is 2.73 bits per heavy atom. The van der Waals surface area contributed by atoms with Crippen molar-refractivity contribution in [2.24, 2.45) is 0 Å². The number of aliphatic hydroxyl groups excluding tert-OH is 1. The summed E-state index contributed by atoms with van der Waals surface area (Å²) in [6, 6.07) is 0. The Labute approximate surface area is 69.0 Å². The normalized spacial score (nSPS) is 8.91. The van der Waals surface area contributed by atoms with E-state index in [4.69, 9.17) is 5.11 Å². The summed E-state index contributed by atoms with van der Waals surface area (Å²) in [4.78, 5) is 0. The van der Waals surface area contributed by atoms with E-state index >= 15 is 0 Å². The average Bonchev–Trinajstić information content (AvgIpc) is 2.03. The molecule has 11 heavy (non-hydrogen) atoms. The highest BCUT2D eigenvalue weighted by Crippen LogP contribution is 1.83. The minimum absolute atomic E-state index is 0.302. The van der Waals surface area contributed by atoms with Gasteiger partial charge in [0.2, 0.25) is 0 Å². The third kappa shape index (κ3) is 9.48. The SMILES string of the molecule is CC#CCCNCCCCO. The van der Waals surface area contributed by atoms with E-state index in [2.05, 4.69) is 17.2 Å². The maximum Gasteiger partial charge on any atom is 0.0431 e. The highest BCUT2D eigenvalue weighted by atomic mass is 16.2. The summed E-state index contributed by atoms with van der Waals surface area (Å²) >= 11 is 0. The number of rotatable bonds is 6. The molecule has 0 bridgehead atoms. The number of unbranched alkanes of at least 4 members (excludes halogenated alkanes) is 1. The first-order chi connectivity index (χ1) is 5.41. The highest BCUT2D eigenvalue weighted by molar-refractivity contribution is 4.94. The fraction of sp³-hybridized carbons (Fsp3) is 0.778. The molecule has 0 atom stereocenters. The first kappa shape index (κ1) is 10.5. The summed E-state index contributed by atoms with van der Waals surface area (Å²) in [6.07, 6.45) is 2.87. The molecule has 0 aliphatic rings. The summed E-state index contributed by atoms with van der Waals surface area (Å²) < 4.78 is 0. The van der Waals surface area contributed by atoms with Crippen molar-refractivity contribution in [2.75, 3.05) is 19.7 Å². The lowest BCUT2D eigenvalue weighted by molar-refractivity contribution is 0.284. The Morgan fingerprint density at radius 1 is 1.27 bits per heavy atom. The second-order valence-corrected chi connectivity index (χ2v) is 2.36. The first-order valence-corrected chi connectivity index (χ1v) is 4.13. The van der Waals surface area contributed by atoms with E-state index in [1.165, 1.54) is 0 Å². The second-order valence-electron chi connectivity index (χ2n) is 2.36. The lowest BCUT2D eigenvalue weighted by atomic mass is 10.3. The predicted octanol–water partition coefficient (Wildman–Crippen LogP) is 0.762. The summed E-state index contributed by atoms with van der Waals surface area (Å²) in [5.74, 6) is 5.82. The van der Waals surface area contributed by atoms with Gasteiger partial charge < -0.3 is 10.4 Å². The lowest BCUT2D eigenvalue weighted by Gasteiger charge is -1.99. The van der Waals surface area contributed by atoms with E-state index in [-0.39, 0.29) is 0 Å². The van der Waals surface area contributed by atoms with Crippen LogP contribution in [-0.4, -0.2) is 24.8 Å². The molecular formula is C9H17NO. The van der Waals surface area contributed by atoms with Gasteiger partial charge in [0.25, 0.3) is 0 Å². The molecule has 0 heterocycles. The van der Waals surface area contributed by atoms with Crippen molar-refractivity contribution in [3.63, 3.8) is 0 Å². The topological polar surface area (TPSA) is 32.3 Å². The summed E-state index contributed by atoms with van der Waals surface area (Å²) in [7, 11) is 0. The highest BCUT2D eigenvalue weighted by Gasteiger charge is 1.85. The molecule has 0 spiro atoms. The second kappa shape index (κ2) is 9.48. The van der Waals surface area contributed by atoms with Crippen LogP contribution in [0, 0.1) is 11.8 Å². The Bertz CT molecular complexity index is 123. The van der Waals surface area contributed by atoms with Crippen LogP contribution in [0.25, 0.3) is 0 Å². The van der Waals surface area contributed by atoms with Gasteiger partial charge in [-0.05, 0) is 26.3 Å². The molecule has 0 aromatic rings. The third-order valence-corrected chi connectivity index (χ3v) is 1.37. The molecule has 0 rings (SSSR count). The fourth-order valence-electron chi connectivity index (χ4n) is 0.763. The number of nitrogens with one attached hydrogen (secondary N) is 1. The quantitative estimate of drug-likeness (QED) is 0.438. The van der Waals surface area contributed by atoms with Crippen LogP contribution >= 0.6 is 0 Å². The van der Waals surface area contributed by atoms with Gasteiger partial charge in [0, 0.05) is 19.6 Å². The van der Waals surface area contributed by atoms with Crippen molar-refractivity contribution in [1.82, 2.24) is 5.32 Å². The minimum atomic E-state index is 0.302. The van der Waals surface area contributed by atoms with Gasteiger partial charge in [0.05, 0.1) is 0 Å². The molecule has 0 aliphatic carbocycles. The molecule has 0 saturated heterocycles. The van der Waals surface area contributed by atoms with Crippen LogP contribution in [0.5, 0.6) is 0 Å². The van der Waals surface area contributed by atoms with Crippen LogP contribution in [0.4, 0.5) is 0 Å². The van der Waals surface area contributed by atoms with Crippen LogP contribution in [0.2, 0.25) is 0 Å². The van der Waals surface area contributed by atoms with E-state index in [0.29, 0.717) is 6.61 Å². The van der Waals surface area contributed by atoms with Crippen molar-refractivity contribution < 1.29 is 5.11 Å². The van der Waals surface area contributed by atoms with Gasteiger partial charge in [-0.1, -0.05) is 0 Å². The molecule has 0 aromatic heterocycles. The Morgan fingerprint density at radius 2 is 2.09 bits per heavy atom. The van der Waals surface area contributed by atoms with Crippen molar-refractivity contribution in [3.8, 4) is 11.8 Å². The summed E-state index contributed by atoms with van der Waals surface area (Å²) in [5.41, 5.74) is 0. The molecule has 2 nitrogen and oxygen atoms in total. The van der Waals surface area contributed by atoms with E-state index in [1.807, 2.05) is 6.92 Å². The lowest BCUT2D eigenvalue weighted by Crippen LogP contribution is -2.16. The molecule has 0 aromatic carbocycles. The van der Waals surface area contributed by atoms with Gasteiger partial charge >= 0.3 is 0 Å². The molecule has 0 radical (unpaired) electrons. The van der Waals surface area contributed by atoms with Crippen LogP contribution in [0.15, 0.2) is 0 Å². The van der Waals surface area contributed by atoms with E-state index in [9.17, 15) is 0 Å². The molecule has 2 N–H and O–H groups in total. The zero-order valence-corrected chi connectivity index (χ0v) is 7.19. The largest absolute Gasteiger partial charge is 0.396 e. The van der Waals surface area contributed by atoms with Crippen LogP contribution in [-0.2, 0) is 0 Å². The fourth-order valence-corrected chi connectivity index (χ4v) is 0.763. The van der Waals surface area contributed by atoms with Crippen molar-refractivity contribution >= 4 is 0 Å². The predicted molar refractivity (Wildman–Crippen MR) is 47.3 cm³/mol.